The monoisotopic (exact) mass is 446 g/mol. The molecule has 0 unspecified atom stereocenters. The number of fused-ring (bicyclic) bond motifs is 2. The van der Waals surface area contributed by atoms with E-state index in [9.17, 15) is 4.79 Å². The van der Waals surface area contributed by atoms with E-state index in [-0.39, 0.29) is 5.91 Å². The molecule has 1 aliphatic heterocycles. The largest absolute Gasteiger partial charge is 0.364 e. The van der Waals surface area contributed by atoms with E-state index < -0.39 is 0 Å². The standard InChI is InChI=1S/C24H23ClN6O/c25-20-8-4-3-6-18(20)15-26-21-9-10-22-27-28-23(31(22)29-21)11-12-24(32)30-14-13-17-5-1-2-7-19(17)16-30/h1-10H,11-16H2,(H,26,29). The number of nitrogens with one attached hydrogen (secondary N) is 1. The fourth-order valence-corrected chi connectivity index (χ4v) is 4.20. The van der Waals surface area contributed by atoms with Crippen LogP contribution in [0.15, 0.2) is 60.7 Å². The van der Waals surface area contributed by atoms with Gasteiger partial charge in [-0.15, -0.1) is 15.3 Å². The molecule has 0 atom stereocenters. The molecule has 4 aromatic rings. The van der Waals surface area contributed by atoms with Crippen LogP contribution in [0.2, 0.25) is 5.02 Å². The van der Waals surface area contributed by atoms with E-state index in [1.165, 1.54) is 11.1 Å². The average molecular weight is 447 g/mol. The van der Waals surface area contributed by atoms with E-state index >= 15 is 0 Å². The Hall–Kier alpha value is -3.45. The number of rotatable bonds is 6. The van der Waals surface area contributed by atoms with Crippen LogP contribution >= 0.6 is 11.6 Å². The summed E-state index contributed by atoms with van der Waals surface area (Å²) in [6.45, 7) is 1.99. The molecule has 1 N–H and O–H groups in total. The lowest BCUT2D eigenvalue weighted by atomic mass is 9.99. The summed E-state index contributed by atoms with van der Waals surface area (Å²) in [6.07, 6.45) is 1.76. The van der Waals surface area contributed by atoms with Crippen LogP contribution in [-0.2, 0) is 30.7 Å². The number of nitrogens with zero attached hydrogens (tertiary/aromatic N) is 5. The Morgan fingerprint density at radius 2 is 1.81 bits per heavy atom. The zero-order chi connectivity index (χ0) is 21.9. The van der Waals surface area contributed by atoms with Crippen molar-refractivity contribution in [2.45, 2.75) is 32.4 Å². The van der Waals surface area contributed by atoms with Gasteiger partial charge in [-0.05, 0) is 41.3 Å². The van der Waals surface area contributed by atoms with Crippen molar-refractivity contribution in [3.05, 3.63) is 88.2 Å². The van der Waals surface area contributed by atoms with Gasteiger partial charge in [-0.1, -0.05) is 54.1 Å². The Morgan fingerprint density at radius 3 is 2.69 bits per heavy atom. The van der Waals surface area contributed by atoms with E-state index in [1.54, 1.807) is 4.52 Å². The first kappa shape index (κ1) is 20.5. The number of carbonyl (C=O) groups excluding carboxylic acids is 1. The second-order valence-electron chi connectivity index (χ2n) is 7.88. The number of hydrogen-bond acceptors (Lipinski definition) is 5. The van der Waals surface area contributed by atoms with Crippen molar-refractivity contribution in [2.75, 3.05) is 11.9 Å². The summed E-state index contributed by atoms with van der Waals surface area (Å²) in [5.41, 5.74) is 4.22. The molecule has 0 bridgehead atoms. The van der Waals surface area contributed by atoms with Crippen molar-refractivity contribution in [1.82, 2.24) is 24.7 Å². The van der Waals surface area contributed by atoms with Gasteiger partial charge in [-0.3, -0.25) is 4.79 Å². The van der Waals surface area contributed by atoms with Gasteiger partial charge in [0.25, 0.3) is 0 Å². The quantitative estimate of drug-likeness (QED) is 0.486. The van der Waals surface area contributed by atoms with Crippen LogP contribution in [-0.4, -0.2) is 37.2 Å². The van der Waals surface area contributed by atoms with Crippen molar-refractivity contribution < 1.29 is 4.79 Å². The molecule has 0 fully saturated rings. The van der Waals surface area contributed by atoms with Crippen molar-refractivity contribution in [3.63, 3.8) is 0 Å². The van der Waals surface area contributed by atoms with Gasteiger partial charge in [0.15, 0.2) is 11.5 Å². The molecular formula is C24H23ClN6O. The minimum Gasteiger partial charge on any atom is -0.364 e. The van der Waals surface area contributed by atoms with E-state index in [0.29, 0.717) is 48.2 Å². The molecule has 162 valence electrons. The second-order valence-corrected chi connectivity index (χ2v) is 8.29. The van der Waals surface area contributed by atoms with Crippen LogP contribution in [0.3, 0.4) is 0 Å². The molecule has 0 saturated heterocycles. The molecule has 2 aromatic carbocycles. The van der Waals surface area contributed by atoms with Crippen LogP contribution < -0.4 is 5.32 Å². The third-order valence-corrected chi connectivity index (χ3v) is 6.16. The van der Waals surface area contributed by atoms with Crippen molar-refractivity contribution in [3.8, 4) is 0 Å². The minimum absolute atomic E-state index is 0.129. The lowest BCUT2D eigenvalue weighted by Gasteiger charge is -2.28. The number of aromatic nitrogens is 4. The van der Waals surface area contributed by atoms with Crippen LogP contribution in [0.4, 0.5) is 5.82 Å². The molecule has 2 aromatic heterocycles. The normalized spacial score (nSPS) is 13.2. The van der Waals surface area contributed by atoms with E-state index in [2.05, 4.69) is 38.8 Å². The van der Waals surface area contributed by atoms with Gasteiger partial charge in [0.1, 0.15) is 5.82 Å². The topological polar surface area (TPSA) is 75.4 Å². The van der Waals surface area contributed by atoms with Crippen LogP contribution in [0, 0.1) is 0 Å². The highest BCUT2D eigenvalue weighted by atomic mass is 35.5. The number of carbonyl (C=O) groups is 1. The molecule has 7 nitrogen and oxygen atoms in total. The molecule has 0 spiro atoms. The summed E-state index contributed by atoms with van der Waals surface area (Å²) >= 11 is 6.23. The van der Waals surface area contributed by atoms with Crippen molar-refractivity contribution >= 4 is 29.0 Å². The van der Waals surface area contributed by atoms with E-state index in [1.807, 2.05) is 47.4 Å². The first-order valence-electron chi connectivity index (χ1n) is 10.7. The zero-order valence-electron chi connectivity index (χ0n) is 17.5. The van der Waals surface area contributed by atoms with Crippen molar-refractivity contribution in [2.24, 2.45) is 0 Å². The average Bonchev–Trinajstić information content (AvgIpc) is 3.24. The number of amides is 1. The van der Waals surface area contributed by atoms with Gasteiger partial charge in [0, 0.05) is 37.5 Å². The van der Waals surface area contributed by atoms with Gasteiger partial charge in [-0.25, -0.2) is 0 Å². The fraction of sp³-hybridized carbons (Fsp3) is 0.250. The molecular weight excluding hydrogens is 424 g/mol. The molecule has 32 heavy (non-hydrogen) atoms. The highest BCUT2D eigenvalue weighted by molar-refractivity contribution is 6.31. The SMILES string of the molecule is O=C(CCc1nnc2ccc(NCc3ccccc3Cl)nn12)N1CCc2ccccc2C1. The first-order valence-corrected chi connectivity index (χ1v) is 11.1. The van der Waals surface area contributed by atoms with Crippen LogP contribution in [0.5, 0.6) is 0 Å². The maximum atomic E-state index is 12.8. The first-order chi connectivity index (χ1) is 15.7. The van der Waals surface area contributed by atoms with Gasteiger partial charge in [-0.2, -0.15) is 4.52 Å². The van der Waals surface area contributed by atoms with Gasteiger partial charge in [0.05, 0.1) is 0 Å². The lowest BCUT2D eigenvalue weighted by Crippen LogP contribution is -2.36. The number of benzene rings is 2. The molecule has 1 aliphatic rings. The lowest BCUT2D eigenvalue weighted by molar-refractivity contribution is -0.132. The number of aryl methyl sites for hydroxylation is 1. The summed E-state index contributed by atoms with van der Waals surface area (Å²) in [7, 11) is 0. The van der Waals surface area contributed by atoms with E-state index in [4.69, 9.17) is 11.6 Å². The molecule has 8 heteroatoms. The van der Waals surface area contributed by atoms with Gasteiger partial charge >= 0.3 is 0 Å². The van der Waals surface area contributed by atoms with Gasteiger partial charge in [0.2, 0.25) is 5.91 Å². The zero-order valence-corrected chi connectivity index (χ0v) is 18.3. The number of anilines is 1. The Balaban J connectivity index is 1.24. The highest BCUT2D eigenvalue weighted by Gasteiger charge is 2.21. The smallest absolute Gasteiger partial charge is 0.223 e. The molecule has 3 heterocycles. The third kappa shape index (κ3) is 4.29. The third-order valence-electron chi connectivity index (χ3n) is 5.79. The Labute approximate surface area is 191 Å². The Bertz CT molecular complexity index is 1270. The fourth-order valence-electron chi connectivity index (χ4n) is 4.00. The predicted octanol–water partition coefficient (Wildman–Crippen LogP) is 3.91. The summed E-state index contributed by atoms with van der Waals surface area (Å²) in [5, 5.41) is 17.1. The highest BCUT2D eigenvalue weighted by Crippen LogP contribution is 2.20. The van der Waals surface area contributed by atoms with Crippen molar-refractivity contribution in [1.29, 1.82) is 0 Å². The second kappa shape index (κ2) is 8.96. The Kier molecular flexibility index (Phi) is 5.73. The molecule has 0 radical (unpaired) electrons. The molecule has 0 aliphatic carbocycles. The maximum absolute atomic E-state index is 12.8. The summed E-state index contributed by atoms with van der Waals surface area (Å²) in [5.74, 6) is 1.49. The van der Waals surface area contributed by atoms with Crippen LogP contribution in [0.1, 0.15) is 28.9 Å². The minimum atomic E-state index is 0.129. The molecule has 5 rings (SSSR count). The molecule has 0 saturated carbocycles. The maximum Gasteiger partial charge on any atom is 0.223 e. The number of hydrogen-bond donors (Lipinski definition) is 1. The molecule has 1 amide bonds. The van der Waals surface area contributed by atoms with E-state index in [0.717, 1.165) is 18.5 Å². The number of halogens is 1. The summed E-state index contributed by atoms with van der Waals surface area (Å²) in [4.78, 5) is 14.7. The Morgan fingerprint density at radius 1 is 1.00 bits per heavy atom. The summed E-state index contributed by atoms with van der Waals surface area (Å²) in [6, 6.07) is 19.7. The van der Waals surface area contributed by atoms with Crippen LogP contribution in [0.25, 0.3) is 5.65 Å². The summed E-state index contributed by atoms with van der Waals surface area (Å²) < 4.78 is 1.70. The van der Waals surface area contributed by atoms with Gasteiger partial charge < -0.3 is 10.2 Å². The predicted molar refractivity (Wildman–Crippen MR) is 123 cm³/mol.